The highest BCUT2D eigenvalue weighted by molar-refractivity contribution is 6.30. The van der Waals surface area contributed by atoms with Gasteiger partial charge in [-0.05, 0) is 42.8 Å². The number of H-pyrrole nitrogens is 1. The van der Waals surface area contributed by atoms with Crippen LogP contribution in [0.25, 0.3) is 10.9 Å². The van der Waals surface area contributed by atoms with Gasteiger partial charge in [0, 0.05) is 39.9 Å². The monoisotopic (exact) mass is 360 g/mol. The molecule has 3 heteroatoms. The molecule has 1 unspecified atom stereocenters. The van der Waals surface area contributed by atoms with E-state index in [1.165, 1.54) is 33.4 Å². The molecular formula is C23H21ClN2. The molecule has 0 bridgehead atoms. The summed E-state index contributed by atoms with van der Waals surface area (Å²) in [6.45, 7) is 2.15. The number of rotatable bonds is 4. The molecule has 4 rings (SSSR count). The van der Waals surface area contributed by atoms with E-state index in [1.54, 1.807) is 0 Å². The molecule has 130 valence electrons. The zero-order valence-corrected chi connectivity index (χ0v) is 15.7. The number of hydrogen-bond donors (Lipinski definition) is 1. The number of benzene rings is 3. The van der Waals surface area contributed by atoms with Gasteiger partial charge in [-0.3, -0.25) is 0 Å². The molecule has 0 aliphatic rings. The van der Waals surface area contributed by atoms with Crippen LogP contribution in [0.3, 0.4) is 0 Å². The predicted molar refractivity (Wildman–Crippen MR) is 111 cm³/mol. The van der Waals surface area contributed by atoms with E-state index in [0.29, 0.717) is 0 Å². The summed E-state index contributed by atoms with van der Waals surface area (Å²) in [7, 11) is 2.15. The molecule has 2 nitrogen and oxygen atoms in total. The second-order valence-electron chi connectivity index (χ2n) is 6.61. The van der Waals surface area contributed by atoms with Crippen molar-refractivity contribution in [2.45, 2.75) is 13.0 Å². The van der Waals surface area contributed by atoms with Crippen LogP contribution in [-0.4, -0.2) is 12.0 Å². The molecule has 0 spiro atoms. The predicted octanol–water partition coefficient (Wildman–Crippen LogP) is 6.36. The Kier molecular flexibility index (Phi) is 4.44. The third-order valence-corrected chi connectivity index (χ3v) is 5.21. The number of aromatic nitrogens is 1. The average Bonchev–Trinajstić information content (AvgIpc) is 3.00. The second-order valence-corrected chi connectivity index (χ2v) is 7.05. The van der Waals surface area contributed by atoms with E-state index >= 15 is 0 Å². The Morgan fingerprint density at radius 2 is 1.50 bits per heavy atom. The van der Waals surface area contributed by atoms with Crippen LogP contribution in [0.4, 0.5) is 5.69 Å². The lowest BCUT2D eigenvalue weighted by Crippen LogP contribution is -2.25. The zero-order valence-electron chi connectivity index (χ0n) is 14.9. The zero-order chi connectivity index (χ0) is 18.1. The molecule has 4 aromatic rings. The van der Waals surface area contributed by atoms with Gasteiger partial charge < -0.3 is 9.88 Å². The molecule has 0 amide bonds. The van der Waals surface area contributed by atoms with E-state index in [9.17, 15) is 0 Å². The van der Waals surface area contributed by atoms with Crippen LogP contribution in [0.5, 0.6) is 0 Å². The SMILES string of the molecule is Cc1[nH]c2ccccc2c1C(c1ccc(Cl)cc1)N(C)c1ccccc1. The van der Waals surface area contributed by atoms with Crippen molar-refractivity contribution in [3.63, 3.8) is 0 Å². The van der Waals surface area contributed by atoms with Crippen LogP contribution in [-0.2, 0) is 0 Å². The Morgan fingerprint density at radius 1 is 0.846 bits per heavy atom. The van der Waals surface area contributed by atoms with Gasteiger partial charge in [0.1, 0.15) is 0 Å². The summed E-state index contributed by atoms with van der Waals surface area (Å²) in [5, 5.41) is 2.01. The highest BCUT2D eigenvalue weighted by Crippen LogP contribution is 2.38. The van der Waals surface area contributed by atoms with Gasteiger partial charge in [-0.2, -0.15) is 0 Å². The molecule has 1 aromatic heterocycles. The number of halogens is 1. The molecule has 26 heavy (non-hydrogen) atoms. The molecule has 1 heterocycles. The summed E-state index contributed by atoms with van der Waals surface area (Å²) in [6, 6.07) is 27.2. The molecule has 3 aromatic carbocycles. The number of fused-ring (bicyclic) bond motifs is 1. The van der Waals surface area contributed by atoms with Crippen LogP contribution in [0.2, 0.25) is 5.02 Å². The van der Waals surface area contributed by atoms with Crippen molar-refractivity contribution in [2.75, 3.05) is 11.9 Å². The smallest absolute Gasteiger partial charge is 0.0816 e. The van der Waals surface area contributed by atoms with Crippen molar-refractivity contribution in [2.24, 2.45) is 0 Å². The minimum Gasteiger partial charge on any atom is -0.363 e. The maximum absolute atomic E-state index is 6.14. The fourth-order valence-corrected chi connectivity index (χ4v) is 3.82. The fourth-order valence-electron chi connectivity index (χ4n) is 3.69. The lowest BCUT2D eigenvalue weighted by molar-refractivity contribution is 0.782. The molecule has 0 fully saturated rings. The second kappa shape index (κ2) is 6.89. The minimum atomic E-state index is 0.0887. The summed E-state index contributed by atoms with van der Waals surface area (Å²) in [6.07, 6.45) is 0. The fraction of sp³-hybridized carbons (Fsp3) is 0.130. The Morgan fingerprint density at radius 3 is 2.23 bits per heavy atom. The molecule has 0 saturated heterocycles. The third-order valence-electron chi connectivity index (χ3n) is 4.95. The van der Waals surface area contributed by atoms with Crippen LogP contribution in [0, 0.1) is 6.92 Å². The van der Waals surface area contributed by atoms with Crippen LogP contribution >= 0.6 is 11.6 Å². The first-order chi connectivity index (χ1) is 12.6. The van der Waals surface area contributed by atoms with E-state index in [2.05, 4.69) is 84.5 Å². The molecule has 0 radical (unpaired) electrons. The van der Waals surface area contributed by atoms with Gasteiger partial charge >= 0.3 is 0 Å². The first kappa shape index (κ1) is 16.7. The van der Waals surface area contributed by atoms with Crippen LogP contribution < -0.4 is 4.90 Å². The van der Waals surface area contributed by atoms with E-state index < -0.39 is 0 Å². The Bertz CT molecular complexity index is 1020. The van der Waals surface area contributed by atoms with Gasteiger partial charge in [-0.25, -0.2) is 0 Å². The quantitative estimate of drug-likeness (QED) is 0.449. The first-order valence-corrected chi connectivity index (χ1v) is 9.13. The molecule has 1 N–H and O–H groups in total. The van der Waals surface area contributed by atoms with Gasteiger partial charge in [0.05, 0.1) is 6.04 Å². The van der Waals surface area contributed by atoms with Gasteiger partial charge in [0.25, 0.3) is 0 Å². The van der Waals surface area contributed by atoms with Gasteiger partial charge in [-0.1, -0.05) is 60.1 Å². The lowest BCUT2D eigenvalue weighted by atomic mass is 9.94. The normalized spacial score (nSPS) is 12.3. The van der Waals surface area contributed by atoms with E-state index in [1.807, 2.05) is 18.2 Å². The highest BCUT2D eigenvalue weighted by Gasteiger charge is 2.25. The van der Waals surface area contributed by atoms with Crippen molar-refractivity contribution in [3.8, 4) is 0 Å². The molecule has 0 saturated carbocycles. The summed E-state index contributed by atoms with van der Waals surface area (Å²) < 4.78 is 0. The number of aromatic amines is 1. The van der Waals surface area contributed by atoms with Crippen LogP contribution in [0.15, 0.2) is 78.9 Å². The Balaban J connectivity index is 1.93. The summed E-state index contributed by atoms with van der Waals surface area (Å²) in [5.74, 6) is 0. The largest absolute Gasteiger partial charge is 0.363 e. The number of para-hydroxylation sites is 2. The highest BCUT2D eigenvalue weighted by atomic mass is 35.5. The van der Waals surface area contributed by atoms with Gasteiger partial charge in [0.2, 0.25) is 0 Å². The van der Waals surface area contributed by atoms with Gasteiger partial charge in [0.15, 0.2) is 0 Å². The third kappa shape index (κ3) is 2.97. The molecular weight excluding hydrogens is 340 g/mol. The lowest BCUT2D eigenvalue weighted by Gasteiger charge is -2.31. The average molecular weight is 361 g/mol. The van der Waals surface area contributed by atoms with Gasteiger partial charge in [-0.15, -0.1) is 0 Å². The maximum atomic E-state index is 6.14. The van der Waals surface area contributed by atoms with E-state index in [-0.39, 0.29) is 6.04 Å². The molecule has 0 aliphatic heterocycles. The molecule has 1 atom stereocenters. The maximum Gasteiger partial charge on any atom is 0.0816 e. The van der Waals surface area contributed by atoms with Crippen molar-refractivity contribution in [1.29, 1.82) is 0 Å². The number of anilines is 1. The number of hydrogen-bond acceptors (Lipinski definition) is 1. The van der Waals surface area contributed by atoms with Crippen molar-refractivity contribution < 1.29 is 0 Å². The van der Waals surface area contributed by atoms with Crippen molar-refractivity contribution in [3.05, 3.63) is 101 Å². The van der Waals surface area contributed by atoms with Crippen LogP contribution in [0.1, 0.15) is 22.9 Å². The standard InChI is InChI=1S/C23H21ClN2/c1-16-22(20-10-6-7-11-21(20)25-16)23(17-12-14-18(24)15-13-17)26(2)19-8-4-3-5-9-19/h3-15,23,25H,1-2H3. The van der Waals surface area contributed by atoms with E-state index in [4.69, 9.17) is 11.6 Å². The minimum absolute atomic E-state index is 0.0887. The van der Waals surface area contributed by atoms with E-state index in [0.717, 1.165) is 5.02 Å². The Hall–Kier alpha value is -2.71. The number of nitrogens with zero attached hydrogens (tertiary/aromatic N) is 1. The topological polar surface area (TPSA) is 19.0 Å². The number of aryl methyl sites for hydroxylation is 1. The summed E-state index contributed by atoms with van der Waals surface area (Å²) in [5.41, 5.74) is 6.05. The number of nitrogens with one attached hydrogen (secondary N) is 1. The first-order valence-electron chi connectivity index (χ1n) is 8.75. The van der Waals surface area contributed by atoms with Crippen molar-refractivity contribution in [1.82, 2.24) is 4.98 Å². The molecule has 0 aliphatic carbocycles. The summed E-state index contributed by atoms with van der Waals surface area (Å²) in [4.78, 5) is 5.87. The Labute approximate surface area is 159 Å². The van der Waals surface area contributed by atoms with Crippen molar-refractivity contribution >= 4 is 28.2 Å². The summed E-state index contributed by atoms with van der Waals surface area (Å²) >= 11 is 6.14.